The number of nitrogens with zero attached hydrogens (tertiary/aromatic N) is 1. The average Bonchev–Trinajstić information content (AvgIpc) is 3.20. The fourth-order valence-electron chi connectivity index (χ4n) is 2.60. The Bertz CT molecular complexity index is 723. The van der Waals surface area contributed by atoms with E-state index in [0.717, 1.165) is 28.8 Å². The minimum absolute atomic E-state index is 0.0137. The number of benzene rings is 1. The first-order chi connectivity index (χ1) is 11.1. The van der Waals surface area contributed by atoms with Crippen LogP contribution in [0.15, 0.2) is 51.1 Å². The van der Waals surface area contributed by atoms with Crippen LogP contribution in [-0.2, 0) is 21.3 Å². The second-order valence-corrected chi connectivity index (χ2v) is 9.35. The lowest BCUT2D eigenvalue weighted by Gasteiger charge is -2.24. The highest BCUT2D eigenvalue weighted by atomic mass is 79.9. The summed E-state index contributed by atoms with van der Waals surface area (Å²) in [4.78, 5) is 1.35. The number of sulfonamides is 1. The smallest absolute Gasteiger partial charge is 0.243 e. The topological polar surface area (TPSA) is 46.6 Å². The van der Waals surface area contributed by atoms with E-state index in [-0.39, 0.29) is 6.10 Å². The Labute approximate surface area is 149 Å². The molecular formula is C16H18BrNO3S2. The summed E-state index contributed by atoms with van der Waals surface area (Å²) >= 11 is 4.91. The zero-order valence-corrected chi connectivity index (χ0v) is 15.7. The van der Waals surface area contributed by atoms with E-state index in [1.165, 1.54) is 4.31 Å². The van der Waals surface area contributed by atoms with E-state index in [0.29, 0.717) is 18.0 Å². The van der Waals surface area contributed by atoms with Gasteiger partial charge in [0.1, 0.15) is 0 Å². The summed E-state index contributed by atoms with van der Waals surface area (Å²) in [6.07, 6.45) is 1.90. The van der Waals surface area contributed by atoms with Crippen molar-refractivity contribution in [1.29, 1.82) is 0 Å². The maximum absolute atomic E-state index is 13.0. The minimum Gasteiger partial charge on any atom is -0.377 e. The lowest BCUT2D eigenvalue weighted by molar-refractivity contribution is 0.0927. The molecule has 4 nitrogen and oxygen atoms in total. The zero-order valence-electron chi connectivity index (χ0n) is 12.5. The third kappa shape index (κ3) is 4.22. The van der Waals surface area contributed by atoms with Crippen molar-refractivity contribution >= 4 is 37.3 Å². The van der Waals surface area contributed by atoms with Crippen molar-refractivity contribution in [3.8, 4) is 0 Å². The second kappa shape index (κ2) is 7.44. The summed E-state index contributed by atoms with van der Waals surface area (Å²) in [5.41, 5.74) is 0. The number of ether oxygens (including phenoxy) is 1. The van der Waals surface area contributed by atoms with E-state index in [9.17, 15) is 8.42 Å². The van der Waals surface area contributed by atoms with Gasteiger partial charge in [0.25, 0.3) is 0 Å². The quantitative estimate of drug-likeness (QED) is 0.718. The number of halogens is 1. The average molecular weight is 416 g/mol. The molecule has 0 radical (unpaired) electrons. The summed E-state index contributed by atoms with van der Waals surface area (Å²) in [7, 11) is -3.54. The lowest BCUT2D eigenvalue weighted by Crippen LogP contribution is -2.36. The van der Waals surface area contributed by atoms with Gasteiger partial charge in [-0.25, -0.2) is 8.42 Å². The van der Waals surface area contributed by atoms with Crippen molar-refractivity contribution in [1.82, 2.24) is 4.31 Å². The maximum atomic E-state index is 13.0. The molecule has 1 atom stereocenters. The van der Waals surface area contributed by atoms with Crippen LogP contribution in [0.25, 0.3) is 0 Å². The molecule has 0 bridgehead atoms. The number of hydrogen-bond donors (Lipinski definition) is 0. The number of rotatable bonds is 6. The van der Waals surface area contributed by atoms with Crippen LogP contribution in [0.4, 0.5) is 0 Å². The Balaban J connectivity index is 1.87. The largest absolute Gasteiger partial charge is 0.377 e. The van der Waals surface area contributed by atoms with Gasteiger partial charge in [0.2, 0.25) is 10.0 Å². The Hall–Kier alpha value is -0.730. The molecule has 1 aliphatic rings. The molecule has 1 aromatic carbocycles. The predicted molar refractivity (Wildman–Crippen MR) is 95.0 cm³/mol. The van der Waals surface area contributed by atoms with Crippen LogP contribution >= 0.6 is 27.3 Å². The lowest BCUT2D eigenvalue weighted by atomic mass is 10.2. The summed E-state index contributed by atoms with van der Waals surface area (Å²) in [6, 6.07) is 10.7. The standard InChI is InChI=1S/C16H18BrNO3S2/c17-13-5-7-16(8-6-13)23(19,20)18(11-14-3-1-9-21-14)12-15-4-2-10-22-15/h2,4-8,10,14H,1,3,9,11-12H2/t14-/m0/s1. The molecule has 0 amide bonds. The van der Waals surface area contributed by atoms with Crippen LogP contribution in [-0.4, -0.2) is 32.0 Å². The molecule has 0 aliphatic carbocycles. The van der Waals surface area contributed by atoms with Gasteiger partial charge in [-0.15, -0.1) is 11.3 Å². The van der Waals surface area contributed by atoms with E-state index < -0.39 is 10.0 Å². The summed E-state index contributed by atoms with van der Waals surface area (Å²) < 4.78 is 34.1. The number of thiophene rings is 1. The van der Waals surface area contributed by atoms with Gasteiger partial charge in [0.15, 0.2) is 0 Å². The molecule has 1 aromatic heterocycles. The van der Waals surface area contributed by atoms with Gasteiger partial charge >= 0.3 is 0 Å². The van der Waals surface area contributed by atoms with Gasteiger partial charge in [-0.3, -0.25) is 0 Å². The van der Waals surface area contributed by atoms with Crippen LogP contribution < -0.4 is 0 Å². The highest BCUT2D eigenvalue weighted by molar-refractivity contribution is 9.10. The summed E-state index contributed by atoms with van der Waals surface area (Å²) in [5, 5.41) is 1.96. The molecule has 2 aromatic rings. The third-order valence-electron chi connectivity index (χ3n) is 3.79. The van der Waals surface area contributed by atoms with E-state index in [2.05, 4.69) is 15.9 Å². The Morgan fingerprint density at radius 1 is 1.26 bits per heavy atom. The van der Waals surface area contributed by atoms with Crippen LogP contribution in [0.1, 0.15) is 17.7 Å². The van der Waals surface area contributed by atoms with Crippen molar-refractivity contribution in [3.05, 3.63) is 51.1 Å². The molecular weight excluding hydrogens is 398 g/mol. The highest BCUT2D eigenvalue weighted by Crippen LogP contribution is 2.24. The van der Waals surface area contributed by atoms with Crippen LogP contribution in [0.2, 0.25) is 0 Å². The Kier molecular flexibility index (Phi) is 5.53. The van der Waals surface area contributed by atoms with E-state index in [4.69, 9.17) is 4.74 Å². The molecule has 7 heteroatoms. The van der Waals surface area contributed by atoms with Gasteiger partial charge in [-0.2, -0.15) is 4.31 Å². The summed E-state index contributed by atoms with van der Waals surface area (Å²) in [6.45, 7) is 1.50. The molecule has 23 heavy (non-hydrogen) atoms. The van der Waals surface area contributed by atoms with Gasteiger partial charge in [-0.05, 0) is 48.6 Å². The molecule has 2 heterocycles. The van der Waals surface area contributed by atoms with Gasteiger partial charge in [0.05, 0.1) is 11.0 Å². The number of hydrogen-bond acceptors (Lipinski definition) is 4. The van der Waals surface area contributed by atoms with Gasteiger partial charge < -0.3 is 4.74 Å². The zero-order chi connectivity index (χ0) is 16.3. The molecule has 1 aliphatic heterocycles. The fourth-order valence-corrected chi connectivity index (χ4v) is 5.11. The highest BCUT2D eigenvalue weighted by Gasteiger charge is 2.29. The first-order valence-corrected chi connectivity index (χ1v) is 10.6. The van der Waals surface area contributed by atoms with E-state index >= 15 is 0 Å². The summed E-state index contributed by atoms with van der Waals surface area (Å²) in [5.74, 6) is 0. The van der Waals surface area contributed by atoms with E-state index in [1.807, 2.05) is 17.5 Å². The first kappa shape index (κ1) is 17.1. The monoisotopic (exact) mass is 415 g/mol. The molecule has 1 fully saturated rings. The molecule has 124 valence electrons. The fraction of sp³-hybridized carbons (Fsp3) is 0.375. The molecule has 0 N–H and O–H groups in total. The van der Waals surface area contributed by atoms with Crippen molar-refractivity contribution in [2.24, 2.45) is 0 Å². The van der Waals surface area contributed by atoms with E-state index in [1.54, 1.807) is 35.6 Å². The van der Waals surface area contributed by atoms with Crippen LogP contribution in [0.5, 0.6) is 0 Å². The van der Waals surface area contributed by atoms with Gasteiger partial charge in [0, 0.05) is 29.0 Å². The first-order valence-electron chi connectivity index (χ1n) is 7.45. The molecule has 0 spiro atoms. The second-order valence-electron chi connectivity index (χ2n) is 5.47. The molecule has 0 saturated carbocycles. The minimum atomic E-state index is -3.54. The predicted octanol–water partition coefficient (Wildman–Crippen LogP) is 3.88. The maximum Gasteiger partial charge on any atom is 0.243 e. The van der Waals surface area contributed by atoms with Crippen molar-refractivity contribution in [2.45, 2.75) is 30.4 Å². The molecule has 0 unspecified atom stereocenters. The van der Waals surface area contributed by atoms with Crippen molar-refractivity contribution < 1.29 is 13.2 Å². The van der Waals surface area contributed by atoms with Crippen molar-refractivity contribution in [3.63, 3.8) is 0 Å². The van der Waals surface area contributed by atoms with Gasteiger partial charge in [-0.1, -0.05) is 22.0 Å². The molecule has 1 saturated heterocycles. The normalized spacial score (nSPS) is 18.6. The van der Waals surface area contributed by atoms with Crippen LogP contribution in [0, 0.1) is 0 Å². The Morgan fingerprint density at radius 2 is 2.04 bits per heavy atom. The van der Waals surface area contributed by atoms with Crippen molar-refractivity contribution in [2.75, 3.05) is 13.2 Å². The Morgan fingerprint density at radius 3 is 2.65 bits per heavy atom. The third-order valence-corrected chi connectivity index (χ3v) is 7.01. The molecule has 3 rings (SSSR count). The SMILES string of the molecule is O=S(=O)(c1ccc(Br)cc1)N(Cc1cccs1)C[C@@H]1CCCO1. The van der Waals surface area contributed by atoms with Crippen LogP contribution in [0.3, 0.4) is 0 Å².